The van der Waals surface area contributed by atoms with E-state index in [-0.39, 0.29) is 5.75 Å². The molecule has 16 heavy (non-hydrogen) atoms. The van der Waals surface area contributed by atoms with Crippen molar-refractivity contribution in [1.82, 2.24) is 10.6 Å². The molecule has 0 bridgehead atoms. The number of phenolic OH excluding ortho intramolecular Hbond substituents is 1. The number of carbonyl (C=O) groups excluding carboxylic acids is 1. The average molecular weight is 220 g/mol. The molecule has 0 unspecified atom stereocenters. The van der Waals surface area contributed by atoms with Crippen LogP contribution in [0.3, 0.4) is 0 Å². The van der Waals surface area contributed by atoms with Crippen LogP contribution in [-0.2, 0) is 4.79 Å². The van der Waals surface area contributed by atoms with E-state index in [1.54, 1.807) is 12.1 Å². The van der Waals surface area contributed by atoms with Crippen LogP contribution in [0, 0.1) is 0 Å². The molecule has 0 aliphatic carbocycles. The predicted octanol–water partition coefficient (Wildman–Crippen LogP) is 0.141. The van der Waals surface area contributed by atoms with Gasteiger partial charge in [-0.3, -0.25) is 4.79 Å². The minimum Gasteiger partial charge on any atom is -0.506 e. The number of nitrogens with one attached hydrogen (secondary N) is 3. The standard InChI is InChI=1S/C10H12N4O2/c15-6-13-8-5-7(1-2-9(8)16)14-10-11-3-4-12-10/h1-2,5-6,16H,3-4H2,(H,13,15)(H2,11,12,14). The van der Waals surface area contributed by atoms with Gasteiger partial charge in [-0.2, -0.15) is 0 Å². The number of carbonyl (C=O) groups is 1. The SMILES string of the molecule is O=CNc1cc(N=C2NCCN2)ccc1O. The molecule has 1 amide bonds. The van der Waals surface area contributed by atoms with Gasteiger partial charge in [0.2, 0.25) is 6.41 Å². The zero-order chi connectivity index (χ0) is 11.4. The van der Waals surface area contributed by atoms with Crippen LogP contribution in [0.25, 0.3) is 0 Å². The molecule has 84 valence electrons. The van der Waals surface area contributed by atoms with Gasteiger partial charge in [-0.1, -0.05) is 0 Å². The summed E-state index contributed by atoms with van der Waals surface area (Å²) in [5, 5.41) is 17.9. The molecule has 0 spiro atoms. The number of aromatic hydroxyl groups is 1. The Morgan fingerprint density at radius 2 is 2.12 bits per heavy atom. The van der Waals surface area contributed by atoms with Crippen LogP contribution in [0.2, 0.25) is 0 Å². The predicted molar refractivity (Wildman–Crippen MR) is 60.9 cm³/mol. The highest BCUT2D eigenvalue weighted by Crippen LogP contribution is 2.27. The molecule has 0 atom stereocenters. The van der Waals surface area contributed by atoms with Crippen LogP contribution >= 0.6 is 0 Å². The summed E-state index contributed by atoms with van der Waals surface area (Å²) in [7, 11) is 0. The smallest absolute Gasteiger partial charge is 0.211 e. The largest absolute Gasteiger partial charge is 0.506 e. The Morgan fingerprint density at radius 3 is 2.81 bits per heavy atom. The molecule has 2 rings (SSSR count). The Labute approximate surface area is 92.4 Å². The lowest BCUT2D eigenvalue weighted by Gasteiger charge is -2.04. The minimum atomic E-state index is 0.0170. The molecule has 1 aromatic rings. The summed E-state index contributed by atoms with van der Waals surface area (Å²) in [5.41, 5.74) is 0.994. The molecule has 4 N–H and O–H groups in total. The van der Waals surface area contributed by atoms with Crippen molar-refractivity contribution >= 4 is 23.7 Å². The molecule has 1 aliphatic rings. The number of benzene rings is 1. The summed E-state index contributed by atoms with van der Waals surface area (Å²) in [6.45, 7) is 1.69. The van der Waals surface area contributed by atoms with Crippen molar-refractivity contribution < 1.29 is 9.90 Å². The number of nitrogens with zero attached hydrogens (tertiary/aromatic N) is 1. The highest BCUT2D eigenvalue weighted by molar-refractivity contribution is 5.85. The summed E-state index contributed by atoms with van der Waals surface area (Å²) >= 11 is 0. The lowest BCUT2D eigenvalue weighted by atomic mass is 10.2. The van der Waals surface area contributed by atoms with Crippen molar-refractivity contribution in [3.63, 3.8) is 0 Å². The number of guanidine groups is 1. The number of phenols is 1. The fourth-order valence-electron chi connectivity index (χ4n) is 1.41. The summed E-state index contributed by atoms with van der Waals surface area (Å²) in [4.78, 5) is 14.6. The van der Waals surface area contributed by atoms with Gasteiger partial charge in [-0.05, 0) is 18.2 Å². The van der Waals surface area contributed by atoms with Gasteiger partial charge in [0.15, 0.2) is 5.96 Å². The zero-order valence-corrected chi connectivity index (χ0v) is 8.53. The van der Waals surface area contributed by atoms with Gasteiger partial charge >= 0.3 is 0 Å². The Morgan fingerprint density at radius 1 is 1.38 bits per heavy atom. The van der Waals surface area contributed by atoms with E-state index in [1.807, 2.05) is 0 Å². The van der Waals surface area contributed by atoms with Crippen LogP contribution in [0.1, 0.15) is 0 Å². The third kappa shape index (κ3) is 2.22. The Bertz CT molecular complexity index is 423. The van der Waals surface area contributed by atoms with Crippen LogP contribution < -0.4 is 16.0 Å². The first-order chi connectivity index (χ1) is 7.79. The molecule has 1 heterocycles. The fraction of sp³-hybridized carbons (Fsp3) is 0.200. The Kier molecular flexibility index (Phi) is 2.90. The van der Waals surface area contributed by atoms with Crippen molar-refractivity contribution in [2.75, 3.05) is 18.4 Å². The van der Waals surface area contributed by atoms with Crippen LogP contribution in [-0.4, -0.2) is 30.6 Å². The summed E-state index contributed by atoms with van der Waals surface area (Å²) in [6, 6.07) is 4.75. The van der Waals surface area contributed by atoms with Crippen molar-refractivity contribution in [3.05, 3.63) is 18.2 Å². The fourth-order valence-corrected chi connectivity index (χ4v) is 1.41. The lowest BCUT2D eigenvalue weighted by Crippen LogP contribution is -2.23. The highest BCUT2D eigenvalue weighted by atomic mass is 16.3. The zero-order valence-electron chi connectivity index (χ0n) is 8.53. The van der Waals surface area contributed by atoms with E-state index in [4.69, 9.17) is 0 Å². The summed E-state index contributed by atoms with van der Waals surface area (Å²) in [5.74, 6) is 0.714. The van der Waals surface area contributed by atoms with E-state index >= 15 is 0 Å². The number of rotatable bonds is 3. The van der Waals surface area contributed by atoms with E-state index < -0.39 is 0 Å². The molecule has 6 nitrogen and oxygen atoms in total. The Balaban J connectivity index is 2.24. The topological polar surface area (TPSA) is 85.8 Å². The third-order valence-corrected chi connectivity index (χ3v) is 2.15. The van der Waals surface area contributed by atoms with Crippen LogP contribution in [0.4, 0.5) is 11.4 Å². The molecule has 0 radical (unpaired) electrons. The summed E-state index contributed by atoms with van der Waals surface area (Å²) in [6.07, 6.45) is 0.512. The molecular formula is C10H12N4O2. The van der Waals surface area contributed by atoms with Crippen LogP contribution in [0.5, 0.6) is 5.75 Å². The molecule has 1 fully saturated rings. The van der Waals surface area contributed by atoms with Crippen molar-refractivity contribution in [2.45, 2.75) is 0 Å². The number of aliphatic imine (C=N–C) groups is 1. The monoisotopic (exact) mass is 220 g/mol. The van der Waals surface area contributed by atoms with E-state index in [9.17, 15) is 9.90 Å². The normalized spacial score (nSPS) is 13.9. The number of anilines is 1. The highest BCUT2D eigenvalue weighted by Gasteiger charge is 2.06. The quantitative estimate of drug-likeness (QED) is 0.431. The molecule has 1 aliphatic heterocycles. The first-order valence-corrected chi connectivity index (χ1v) is 4.89. The maximum absolute atomic E-state index is 10.3. The second kappa shape index (κ2) is 4.52. The molecule has 1 saturated heterocycles. The van der Waals surface area contributed by atoms with Gasteiger partial charge in [-0.15, -0.1) is 0 Å². The van der Waals surface area contributed by atoms with Gasteiger partial charge in [0.25, 0.3) is 0 Å². The first-order valence-electron chi connectivity index (χ1n) is 4.89. The van der Waals surface area contributed by atoms with E-state index in [2.05, 4.69) is 20.9 Å². The second-order valence-electron chi connectivity index (χ2n) is 3.28. The number of hydrogen-bond donors (Lipinski definition) is 4. The van der Waals surface area contributed by atoms with E-state index in [1.165, 1.54) is 6.07 Å². The third-order valence-electron chi connectivity index (χ3n) is 2.15. The molecule has 0 saturated carbocycles. The number of hydrogen-bond acceptors (Lipinski definition) is 3. The molecule has 6 heteroatoms. The van der Waals surface area contributed by atoms with Crippen molar-refractivity contribution in [1.29, 1.82) is 0 Å². The van der Waals surface area contributed by atoms with Gasteiger partial charge in [0.05, 0.1) is 11.4 Å². The molecule has 1 aromatic carbocycles. The van der Waals surface area contributed by atoms with Gasteiger partial charge < -0.3 is 21.1 Å². The average Bonchev–Trinajstić information content (AvgIpc) is 2.76. The van der Waals surface area contributed by atoms with Crippen LogP contribution in [0.15, 0.2) is 23.2 Å². The molecule has 0 aromatic heterocycles. The lowest BCUT2D eigenvalue weighted by molar-refractivity contribution is -0.105. The van der Waals surface area contributed by atoms with E-state index in [0.717, 1.165) is 13.1 Å². The Hall–Kier alpha value is -2.24. The number of amides is 1. The maximum Gasteiger partial charge on any atom is 0.211 e. The van der Waals surface area contributed by atoms with Crippen molar-refractivity contribution in [3.8, 4) is 5.75 Å². The first kappa shape index (κ1) is 10.3. The van der Waals surface area contributed by atoms with Gasteiger partial charge in [0, 0.05) is 13.1 Å². The van der Waals surface area contributed by atoms with Gasteiger partial charge in [0.1, 0.15) is 5.75 Å². The van der Waals surface area contributed by atoms with Gasteiger partial charge in [-0.25, -0.2) is 4.99 Å². The minimum absolute atomic E-state index is 0.0170. The van der Waals surface area contributed by atoms with E-state index in [0.29, 0.717) is 23.7 Å². The summed E-state index contributed by atoms with van der Waals surface area (Å²) < 4.78 is 0. The molecular weight excluding hydrogens is 208 g/mol. The second-order valence-corrected chi connectivity index (χ2v) is 3.28. The maximum atomic E-state index is 10.3. The van der Waals surface area contributed by atoms with Crippen molar-refractivity contribution in [2.24, 2.45) is 4.99 Å².